The van der Waals surface area contributed by atoms with Crippen LogP contribution in [-0.4, -0.2) is 60.7 Å². The molecule has 0 spiro atoms. The van der Waals surface area contributed by atoms with Gasteiger partial charge in [-0.1, -0.05) is 18.3 Å². The van der Waals surface area contributed by atoms with E-state index in [4.69, 9.17) is 10.5 Å². The molecule has 1 aromatic carbocycles. The van der Waals surface area contributed by atoms with E-state index in [9.17, 15) is 22.8 Å². The summed E-state index contributed by atoms with van der Waals surface area (Å²) in [5.41, 5.74) is 6.17. The Hall–Kier alpha value is -2.56. The lowest BCUT2D eigenvalue weighted by Crippen LogP contribution is -2.36. The van der Waals surface area contributed by atoms with Gasteiger partial charge in [0, 0.05) is 13.1 Å². The van der Waals surface area contributed by atoms with E-state index in [-0.39, 0.29) is 30.8 Å². The molecule has 7 nitrogen and oxygen atoms in total. The number of piperidine rings is 1. The van der Waals surface area contributed by atoms with Crippen molar-refractivity contribution >= 4 is 35.0 Å². The van der Waals surface area contributed by atoms with E-state index >= 15 is 0 Å². The molecule has 0 aromatic heterocycles. The summed E-state index contributed by atoms with van der Waals surface area (Å²) >= 11 is 4.49. The summed E-state index contributed by atoms with van der Waals surface area (Å²) in [4.78, 5) is 25.5. The van der Waals surface area contributed by atoms with Gasteiger partial charge in [-0.25, -0.2) is 22.8 Å². The van der Waals surface area contributed by atoms with Gasteiger partial charge in [-0.3, -0.25) is 4.90 Å². The fraction of sp³-hybridized carbons (Fsp3) is 0.500. The zero-order valence-electron chi connectivity index (χ0n) is 15.2. The predicted molar refractivity (Wildman–Crippen MR) is 101 cm³/mol. The molecule has 3 fully saturated rings. The number of ether oxygens (including phenoxy) is 1. The highest BCUT2D eigenvalue weighted by atomic mass is 32.1. The van der Waals surface area contributed by atoms with Crippen LogP contribution in [0.5, 0.6) is 0 Å². The Morgan fingerprint density at radius 2 is 2.00 bits per heavy atom. The number of fused-ring (bicyclic) bond motifs is 1. The number of amides is 3. The van der Waals surface area contributed by atoms with Crippen LogP contribution >= 0.6 is 12.2 Å². The third-order valence-electron chi connectivity index (χ3n) is 5.74. The Kier molecular flexibility index (Phi) is 5.01. The molecule has 1 aromatic rings. The normalized spacial score (nSPS) is 27.8. The highest BCUT2D eigenvalue weighted by Crippen LogP contribution is 2.58. The summed E-state index contributed by atoms with van der Waals surface area (Å²) in [6.07, 6.45) is -4.13. The van der Waals surface area contributed by atoms with Crippen molar-refractivity contribution < 1.29 is 27.5 Å². The lowest BCUT2D eigenvalue weighted by atomic mass is 10.1. The SMILES string of the molecule is NC(=O)N1C[C@@H]2C(c3ccc(N4C[C@@H](CNC(=S)C(F)F)OC4=O)cc3F)[C@@H]2C1. The number of rotatable bonds is 5. The zero-order chi connectivity index (χ0) is 20.9. The molecule has 2 saturated heterocycles. The second-order valence-corrected chi connectivity index (χ2v) is 7.90. The molecule has 156 valence electrons. The number of alkyl halides is 2. The number of anilines is 1. The smallest absolute Gasteiger partial charge is 0.414 e. The van der Waals surface area contributed by atoms with E-state index < -0.39 is 35.5 Å². The third-order valence-corrected chi connectivity index (χ3v) is 6.06. The third kappa shape index (κ3) is 3.70. The number of thiocarbonyl (C=S) groups is 1. The molecule has 0 radical (unpaired) electrons. The van der Waals surface area contributed by atoms with Gasteiger partial charge in [0.2, 0.25) is 0 Å². The molecule has 2 heterocycles. The van der Waals surface area contributed by atoms with E-state index in [2.05, 4.69) is 17.5 Å². The zero-order valence-corrected chi connectivity index (χ0v) is 16.0. The minimum absolute atomic E-state index is 0.0393. The first-order chi connectivity index (χ1) is 13.8. The maximum Gasteiger partial charge on any atom is 0.414 e. The Balaban J connectivity index is 1.38. The number of cyclic esters (lactones) is 1. The number of primary amides is 1. The lowest BCUT2D eigenvalue weighted by Gasteiger charge is -2.18. The number of urea groups is 1. The van der Waals surface area contributed by atoms with Crippen LogP contribution in [-0.2, 0) is 4.74 Å². The monoisotopic (exact) mass is 428 g/mol. The summed E-state index contributed by atoms with van der Waals surface area (Å²) in [5.74, 6) is 0.0146. The molecule has 11 heteroatoms. The average molecular weight is 428 g/mol. The maximum absolute atomic E-state index is 14.7. The van der Waals surface area contributed by atoms with Crippen LogP contribution in [0.4, 0.5) is 28.4 Å². The van der Waals surface area contributed by atoms with Crippen molar-refractivity contribution in [2.24, 2.45) is 17.6 Å². The number of nitrogens with two attached hydrogens (primary N) is 1. The van der Waals surface area contributed by atoms with Crippen molar-refractivity contribution in [2.45, 2.75) is 18.4 Å². The van der Waals surface area contributed by atoms with Crippen molar-refractivity contribution in [3.63, 3.8) is 0 Å². The van der Waals surface area contributed by atoms with Crippen LogP contribution in [0.1, 0.15) is 11.5 Å². The van der Waals surface area contributed by atoms with Gasteiger partial charge in [0.1, 0.15) is 16.9 Å². The van der Waals surface area contributed by atoms with Crippen LogP contribution < -0.4 is 16.0 Å². The minimum atomic E-state index is -2.78. The Bertz CT molecular complexity index is 859. The molecule has 3 aliphatic rings. The number of carbonyl (C=O) groups is 2. The van der Waals surface area contributed by atoms with Crippen LogP contribution in [0.25, 0.3) is 0 Å². The van der Waals surface area contributed by atoms with E-state index in [0.717, 1.165) is 0 Å². The molecule has 0 bridgehead atoms. The van der Waals surface area contributed by atoms with Gasteiger partial charge in [0.25, 0.3) is 6.43 Å². The van der Waals surface area contributed by atoms with E-state index in [1.165, 1.54) is 11.0 Å². The molecule has 1 aliphatic carbocycles. The molecular formula is C18H19F3N4O3S. The number of carbonyl (C=O) groups excluding carboxylic acids is 2. The van der Waals surface area contributed by atoms with Crippen LogP contribution in [0.2, 0.25) is 0 Å². The number of nitrogens with one attached hydrogen (secondary N) is 1. The Morgan fingerprint density at radius 3 is 2.59 bits per heavy atom. The maximum atomic E-state index is 14.7. The molecule has 4 atom stereocenters. The quantitative estimate of drug-likeness (QED) is 0.701. The summed E-state index contributed by atoms with van der Waals surface area (Å²) in [5, 5.41) is 2.36. The molecule has 1 unspecified atom stereocenters. The van der Waals surface area contributed by atoms with Gasteiger partial charge in [-0.05, 0) is 35.4 Å². The number of halogens is 3. The average Bonchev–Trinajstić information content (AvgIpc) is 3.01. The van der Waals surface area contributed by atoms with Crippen LogP contribution in [0, 0.1) is 17.7 Å². The van der Waals surface area contributed by atoms with Gasteiger partial charge < -0.3 is 20.7 Å². The lowest BCUT2D eigenvalue weighted by molar-refractivity contribution is 0.142. The summed E-state index contributed by atoms with van der Waals surface area (Å²) < 4.78 is 44.7. The first-order valence-electron chi connectivity index (χ1n) is 9.14. The minimum Gasteiger partial charge on any atom is -0.442 e. The van der Waals surface area contributed by atoms with Crippen molar-refractivity contribution in [1.82, 2.24) is 10.2 Å². The molecular weight excluding hydrogens is 409 g/mol. The van der Waals surface area contributed by atoms with Gasteiger partial charge in [-0.2, -0.15) is 0 Å². The fourth-order valence-electron chi connectivity index (χ4n) is 4.25. The first-order valence-corrected chi connectivity index (χ1v) is 9.55. The van der Waals surface area contributed by atoms with Crippen molar-refractivity contribution in [1.29, 1.82) is 0 Å². The molecule has 4 rings (SSSR count). The van der Waals surface area contributed by atoms with Crippen LogP contribution in [0.15, 0.2) is 18.2 Å². The molecule has 3 amide bonds. The van der Waals surface area contributed by atoms with E-state index in [1.54, 1.807) is 17.0 Å². The number of likely N-dealkylation sites (tertiary alicyclic amines) is 1. The van der Waals surface area contributed by atoms with Crippen LogP contribution in [0.3, 0.4) is 0 Å². The second-order valence-electron chi connectivity index (χ2n) is 7.46. The van der Waals surface area contributed by atoms with Gasteiger partial charge >= 0.3 is 12.1 Å². The first kappa shape index (κ1) is 19.7. The topological polar surface area (TPSA) is 87.9 Å². The highest BCUT2D eigenvalue weighted by Gasteiger charge is 2.57. The van der Waals surface area contributed by atoms with Crippen molar-refractivity contribution in [2.75, 3.05) is 31.1 Å². The Labute approximate surface area is 169 Å². The fourth-order valence-corrected chi connectivity index (χ4v) is 4.34. The standard InChI is InChI=1S/C18H19F3N4O3S/c19-13-3-8(25-5-9(28-18(25)27)4-23-16(29)15(20)21)1-2-10(13)14-11-6-24(17(22)26)7-12(11)14/h1-3,9,11-12,14-15H,4-7H2,(H2,22,26)(H,23,29)/t9-,11-,12+,14?/m1/s1. The van der Waals surface area contributed by atoms with Gasteiger partial charge in [0.05, 0.1) is 18.8 Å². The number of benzene rings is 1. The summed E-state index contributed by atoms with van der Waals surface area (Å²) in [6, 6.07) is 4.10. The van der Waals surface area contributed by atoms with E-state index in [1.807, 2.05) is 0 Å². The predicted octanol–water partition coefficient (Wildman–Crippen LogP) is 2.06. The number of hydrogen-bond acceptors (Lipinski definition) is 4. The van der Waals surface area contributed by atoms with Gasteiger partial charge in [-0.15, -0.1) is 0 Å². The van der Waals surface area contributed by atoms with E-state index in [0.29, 0.717) is 24.3 Å². The molecule has 29 heavy (non-hydrogen) atoms. The largest absolute Gasteiger partial charge is 0.442 e. The number of nitrogens with zero attached hydrogens (tertiary/aromatic N) is 2. The molecule has 1 saturated carbocycles. The summed E-state index contributed by atoms with van der Waals surface area (Å²) in [6.45, 7) is 1.10. The van der Waals surface area contributed by atoms with Gasteiger partial charge in [0.15, 0.2) is 0 Å². The van der Waals surface area contributed by atoms with Crippen molar-refractivity contribution in [3.8, 4) is 0 Å². The Morgan fingerprint density at radius 1 is 1.31 bits per heavy atom. The second kappa shape index (κ2) is 7.36. The van der Waals surface area contributed by atoms with Crippen molar-refractivity contribution in [3.05, 3.63) is 29.6 Å². The summed E-state index contributed by atoms with van der Waals surface area (Å²) in [7, 11) is 0. The molecule has 3 N–H and O–H groups in total. The number of hydrogen-bond donors (Lipinski definition) is 2. The molecule has 2 aliphatic heterocycles. The highest BCUT2D eigenvalue weighted by molar-refractivity contribution is 7.80.